The summed E-state index contributed by atoms with van der Waals surface area (Å²) in [6.07, 6.45) is 0. The maximum absolute atomic E-state index is 11.9. The van der Waals surface area contributed by atoms with E-state index in [9.17, 15) is 9.59 Å². The number of para-hydroxylation sites is 1. The van der Waals surface area contributed by atoms with E-state index in [-0.39, 0.29) is 17.7 Å². The maximum atomic E-state index is 11.9. The lowest BCUT2D eigenvalue weighted by atomic mass is 10.1. The number of benzene rings is 1. The van der Waals surface area contributed by atoms with Crippen molar-refractivity contribution in [1.29, 1.82) is 0 Å². The van der Waals surface area contributed by atoms with E-state index < -0.39 is 0 Å². The molecule has 1 aromatic carbocycles. The highest BCUT2D eigenvalue weighted by Gasteiger charge is 2.15. The lowest BCUT2D eigenvalue weighted by Gasteiger charge is -2.14. The zero-order chi connectivity index (χ0) is 13.5. The Balaban J connectivity index is 2.84. The number of hydrogen-bond acceptors (Lipinski definition) is 3. The molecule has 0 aliphatic rings. The summed E-state index contributed by atoms with van der Waals surface area (Å²) < 4.78 is 0. The molecule has 0 aromatic heterocycles. The normalized spacial score (nSPS) is 11.7. The third-order valence-corrected chi connectivity index (χ3v) is 2.61. The third-order valence-electron chi connectivity index (χ3n) is 2.61. The highest BCUT2D eigenvalue weighted by Crippen LogP contribution is 2.15. The summed E-state index contributed by atoms with van der Waals surface area (Å²) in [4.78, 5) is 23.5. The molecule has 1 aromatic rings. The average molecular weight is 249 g/mol. The van der Waals surface area contributed by atoms with Crippen molar-refractivity contribution in [2.75, 3.05) is 26.0 Å². The van der Waals surface area contributed by atoms with Gasteiger partial charge in [-0.2, -0.15) is 0 Å². The van der Waals surface area contributed by atoms with E-state index in [0.29, 0.717) is 17.8 Å². The Labute approximate surface area is 107 Å². The average Bonchev–Trinajstić information content (AvgIpc) is 2.38. The van der Waals surface area contributed by atoms with Gasteiger partial charge in [-0.15, -0.1) is 0 Å². The first-order valence-electron chi connectivity index (χ1n) is 5.86. The van der Waals surface area contributed by atoms with Gasteiger partial charge in [-0.3, -0.25) is 9.59 Å². The first-order valence-corrected chi connectivity index (χ1v) is 5.86. The second kappa shape index (κ2) is 6.76. The molecule has 0 radical (unpaired) electrons. The molecule has 1 unspecified atom stereocenters. The minimum absolute atomic E-state index is 0.110. The van der Waals surface area contributed by atoms with Crippen molar-refractivity contribution in [2.45, 2.75) is 6.92 Å². The van der Waals surface area contributed by atoms with E-state index in [4.69, 9.17) is 0 Å². The maximum Gasteiger partial charge on any atom is 0.253 e. The molecular weight excluding hydrogens is 230 g/mol. The van der Waals surface area contributed by atoms with Crippen LogP contribution >= 0.6 is 0 Å². The van der Waals surface area contributed by atoms with Crippen molar-refractivity contribution < 1.29 is 9.59 Å². The van der Waals surface area contributed by atoms with Gasteiger partial charge in [0.05, 0.1) is 11.3 Å². The molecule has 0 aliphatic carbocycles. The Morgan fingerprint density at radius 2 is 1.89 bits per heavy atom. The first kappa shape index (κ1) is 14.2. The van der Waals surface area contributed by atoms with E-state index in [2.05, 4.69) is 16.0 Å². The fourth-order valence-electron chi connectivity index (χ4n) is 1.58. The minimum Gasteiger partial charge on any atom is -0.355 e. The Hall–Kier alpha value is -1.88. The van der Waals surface area contributed by atoms with E-state index in [1.54, 1.807) is 38.4 Å². The van der Waals surface area contributed by atoms with Gasteiger partial charge in [0, 0.05) is 19.5 Å². The zero-order valence-electron chi connectivity index (χ0n) is 10.9. The van der Waals surface area contributed by atoms with E-state index >= 15 is 0 Å². The Kier molecular flexibility index (Phi) is 5.32. The predicted octanol–water partition coefficient (Wildman–Crippen LogP) is 0.840. The molecule has 18 heavy (non-hydrogen) atoms. The molecule has 1 atom stereocenters. The number of carbonyl (C=O) groups excluding carboxylic acids is 2. The summed E-state index contributed by atoms with van der Waals surface area (Å²) in [6.45, 7) is 2.42. The number of hydrogen-bond donors (Lipinski definition) is 3. The van der Waals surface area contributed by atoms with Crippen LogP contribution in [0.3, 0.4) is 0 Å². The number of anilines is 1. The summed E-state index contributed by atoms with van der Waals surface area (Å²) >= 11 is 0. The van der Waals surface area contributed by atoms with Gasteiger partial charge in [0.1, 0.15) is 0 Å². The molecule has 0 saturated heterocycles. The molecule has 0 bridgehead atoms. The topological polar surface area (TPSA) is 70.2 Å². The summed E-state index contributed by atoms with van der Waals surface area (Å²) in [5.41, 5.74) is 0.995. The van der Waals surface area contributed by atoms with Crippen LogP contribution in [0.5, 0.6) is 0 Å². The quantitative estimate of drug-likeness (QED) is 0.724. The van der Waals surface area contributed by atoms with Crippen LogP contribution in [0.15, 0.2) is 24.3 Å². The van der Waals surface area contributed by atoms with Crippen LogP contribution in [0.1, 0.15) is 17.3 Å². The van der Waals surface area contributed by atoms with Crippen LogP contribution in [0.2, 0.25) is 0 Å². The Morgan fingerprint density at radius 3 is 2.50 bits per heavy atom. The molecule has 5 nitrogen and oxygen atoms in total. The van der Waals surface area contributed by atoms with Gasteiger partial charge in [0.25, 0.3) is 5.91 Å². The van der Waals surface area contributed by atoms with Crippen molar-refractivity contribution in [3.05, 3.63) is 29.8 Å². The largest absolute Gasteiger partial charge is 0.355 e. The fraction of sp³-hybridized carbons (Fsp3) is 0.385. The van der Waals surface area contributed by atoms with Crippen molar-refractivity contribution in [1.82, 2.24) is 10.6 Å². The van der Waals surface area contributed by atoms with Crippen LogP contribution in [0.4, 0.5) is 5.69 Å². The number of nitrogens with one attached hydrogen (secondary N) is 3. The molecular formula is C13H19N3O2. The second-order valence-electron chi connectivity index (χ2n) is 4.07. The smallest absolute Gasteiger partial charge is 0.253 e. The van der Waals surface area contributed by atoms with Gasteiger partial charge in [0.2, 0.25) is 5.91 Å². The molecule has 3 N–H and O–H groups in total. The summed E-state index contributed by atoms with van der Waals surface area (Å²) in [5.74, 6) is -0.486. The zero-order valence-corrected chi connectivity index (χ0v) is 10.9. The highest BCUT2D eigenvalue weighted by atomic mass is 16.2. The van der Waals surface area contributed by atoms with Crippen molar-refractivity contribution in [2.24, 2.45) is 5.92 Å². The molecule has 98 valence electrons. The molecule has 0 aliphatic heterocycles. The van der Waals surface area contributed by atoms with E-state index in [1.807, 2.05) is 6.92 Å². The standard InChI is InChI=1S/C13H19N3O2/c1-9(8-14-2)12(17)16-11-7-5-4-6-10(11)13(18)15-3/h4-7,9,14H,8H2,1-3H3,(H,15,18)(H,16,17). The van der Waals surface area contributed by atoms with Gasteiger partial charge in [-0.05, 0) is 19.2 Å². The lowest BCUT2D eigenvalue weighted by molar-refractivity contribution is -0.119. The summed E-state index contributed by atoms with van der Waals surface area (Å²) in [6, 6.07) is 6.94. The molecule has 0 heterocycles. The number of rotatable bonds is 5. The van der Waals surface area contributed by atoms with Gasteiger partial charge in [0.15, 0.2) is 0 Å². The molecule has 0 saturated carbocycles. The number of amides is 2. The Bertz CT molecular complexity index is 432. The van der Waals surface area contributed by atoms with Crippen molar-refractivity contribution in [3.63, 3.8) is 0 Å². The fourth-order valence-corrected chi connectivity index (χ4v) is 1.58. The van der Waals surface area contributed by atoms with E-state index in [1.165, 1.54) is 0 Å². The number of carbonyl (C=O) groups is 2. The Morgan fingerprint density at radius 1 is 1.22 bits per heavy atom. The van der Waals surface area contributed by atoms with Gasteiger partial charge >= 0.3 is 0 Å². The van der Waals surface area contributed by atoms with Crippen molar-refractivity contribution >= 4 is 17.5 Å². The van der Waals surface area contributed by atoms with Crippen LogP contribution in [-0.2, 0) is 4.79 Å². The third kappa shape index (κ3) is 3.56. The minimum atomic E-state index is -0.216. The molecule has 5 heteroatoms. The van der Waals surface area contributed by atoms with Gasteiger partial charge in [-0.1, -0.05) is 19.1 Å². The SMILES string of the molecule is CNCC(C)C(=O)Nc1ccccc1C(=O)NC. The predicted molar refractivity (Wildman–Crippen MR) is 71.6 cm³/mol. The molecule has 1 rings (SSSR count). The van der Waals surface area contributed by atoms with Crippen molar-refractivity contribution in [3.8, 4) is 0 Å². The van der Waals surface area contributed by atoms with Gasteiger partial charge < -0.3 is 16.0 Å². The summed E-state index contributed by atoms with van der Waals surface area (Å²) in [5, 5.41) is 8.26. The summed E-state index contributed by atoms with van der Waals surface area (Å²) in [7, 11) is 3.35. The highest BCUT2D eigenvalue weighted by molar-refractivity contribution is 6.04. The van der Waals surface area contributed by atoms with Crippen LogP contribution in [0, 0.1) is 5.92 Å². The molecule has 0 spiro atoms. The van der Waals surface area contributed by atoms with Gasteiger partial charge in [-0.25, -0.2) is 0 Å². The lowest BCUT2D eigenvalue weighted by Crippen LogP contribution is -2.29. The van der Waals surface area contributed by atoms with Crippen LogP contribution in [-0.4, -0.2) is 32.5 Å². The van der Waals surface area contributed by atoms with Crippen LogP contribution in [0.25, 0.3) is 0 Å². The first-order chi connectivity index (χ1) is 8.60. The van der Waals surface area contributed by atoms with Crippen LogP contribution < -0.4 is 16.0 Å². The molecule has 0 fully saturated rings. The second-order valence-corrected chi connectivity index (χ2v) is 4.07. The molecule has 2 amide bonds. The van der Waals surface area contributed by atoms with E-state index in [0.717, 1.165) is 0 Å². The monoisotopic (exact) mass is 249 g/mol.